The summed E-state index contributed by atoms with van der Waals surface area (Å²) in [6.45, 7) is 1.55. The van der Waals surface area contributed by atoms with Crippen LogP contribution in [0.15, 0.2) is 21.1 Å². The third kappa shape index (κ3) is 3.02. The predicted octanol–water partition coefficient (Wildman–Crippen LogP) is 2.16. The van der Waals surface area contributed by atoms with Gasteiger partial charge in [0.25, 0.3) is 0 Å². The van der Waals surface area contributed by atoms with E-state index in [1.165, 1.54) is 17.7 Å². The van der Waals surface area contributed by atoms with Crippen LogP contribution in [0, 0.1) is 12.7 Å². The lowest BCUT2D eigenvalue weighted by Crippen LogP contribution is -1.99. The molecule has 0 saturated carbocycles. The first kappa shape index (κ1) is 12.9. The fourth-order valence-electron chi connectivity index (χ4n) is 1.16. The largest absolute Gasteiger partial charge is 0.481 e. The first-order valence-corrected chi connectivity index (χ1v) is 6.57. The molecule has 8 heteroatoms. The van der Waals surface area contributed by atoms with Crippen LogP contribution in [0.1, 0.15) is 11.4 Å². The smallest absolute Gasteiger partial charge is 0.309 e. The number of carboxylic acids is 1. The molecule has 0 aliphatic rings. The maximum atomic E-state index is 13.6. The van der Waals surface area contributed by atoms with Crippen molar-refractivity contribution in [3.05, 3.63) is 28.9 Å². The van der Waals surface area contributed by atoms with E-state index in [-0.39, 0.29) is 17.1 Å². The molecule has 0 fully saturated rings. The zero-order valence-corrected chi connectivity index (χ0v) is 10.9. The van der Waals surface area contributed by atoms with Gasteiger partial charge in [0.05, 0.1) is 17.8 Å². The average Bonchev–Trinajstić information content (AvgIpc) is 2.71. The highest BCUT2D eigenvalue weighted by molar-refractivity contribution is 8.01. The van der Waals surface area contributed by atoms with Gasteiger partial charge in [-0.05, 0) is 18.7 Å². The maximum Gasteiger partial charge on any atom is 0.309 e. The number of aryl methyl sites for hydroxylation is 1. The first-order chi connectivity index (χ1) is 8.56. The van der Waals surface area contributed by atoms with Crippen LogP contribution in [-0.2, 0) is 11.2 Å². The van der Waals surface area contributed by atoms with Crippen molar-refractivity contribution in [3.63, 3.8) is 0 Å². The molecule has 0 aliphatic heterocycles. The number of halogens is 1. The Morgan fingerprint density at radius 2 is 2.33 bits per heavy atom. The van der Waals surface area contributed by atoms with Gasteiger partial charge in [-0.2, -0.15) is 0 Å². The maximum absolute atomic E-state index is 13.6. The molecule has 18 heavy (non-hydrogen) atoms. The molecular weight excluding hydrogens is 277 g/mol. The van der Waals surface area contributed by atoms with Crippen LogP contribution >= 0.6 is 23.1 Å². The molecule has 0 spiro atoms. The standard InChI is InChI=1S/C10H8FN3O2S2/c1-5-8(11)9(13-4-12-5)18-10-14-6(3-17-10)2-7(15)16/h3-4H,2H2,1H3,(H,15,16). The molecule has 2 rings (SSSR count). The number of thiazole rings is 1. The van der Waals surface area contributed by atoms with Gasteiger partial charge in [-0.1, -0.05) is 0 Å². The lowest BCUT2D eigenvalue weighted by atomic mass is 10.3. The number of hydrogen-bond donors (Lipinski definition) is 1. The molecule has 1 N–H and O–H groups in total. The summed E-state index contributed by atoms with van der Waals surface area (Å²) in [5.74, 6) is -1.42. The zero-order chi connectivity index (χ0) is 13.1. The van der Waals surface area contributed by atoms with Crippen molar-refractivity contribution < 1.29 is 14.3 Å². The van der Waals surface area contributed by atoms with Crippen molar-refractivity contribution in [2.24, 2.45) is 0 Å². The zero-order valence-electron chi connectivity index (χ0n) is 9.25. The number of aliphatic carboxylic acids is 1. The molecule has 94 valence electrons. The Kier molecular flexibility index (Phi) is 3.87. The Hall–Kier alpha value is -1.54. The van der Waals surface area contributed by atoms with E-state index < -0.39 is 11.8 Å². The molecular formula is C10H8FN3O2S2. The van der Waals surface area contributed by atoms with Crippen LogP contribution < -0.4 is 0 Å². The van der Waals surface area contributed by atoms with Gasteiger partial charge in [0.15, 0.2) is 10.2 Å². The average molecular weight is 285 g/mol. The number of carbonyl (C=O) groups is 1. The third-order valence-corrected chi connectivity index (χ3v) is 3.94. The minimum atomic E-state index is -0.944. The van der Waals surface area contributed by atoms with E-state index in [9.17, 15) is 9.18 Å². The summed E-state index contributed by atoms with van der Waals surface area (Å²) >= 11 is 2.33. The molecule has 2 aromatic heterocycles. The molecule has 0 saturated heterocycles. The highest BCUT2D eigenvalue weighted by Crippen LogP contribution is 2.31. The second-order valence-corrected chi connectivity index (χ2v) is 5.45. The monoisotopic (exact) mass is 285 g/mol. The molecule has 0 bridgehead atoms. The first-order valence-electron chi connectivity index (χ1n) is 4.87. The highest BCUT2D eigenvalue weighted by Gasteiger charge is 2.12. The van der Waals surface area contributed by atoms with Gasteiger partial charge in [-0.25, -0.2) is 19.3 Å². The SMILES string of the molecule is Cc1ncnc(Sc2nc(CC(=O)O)cs2)c1F. The van der Waals surface area contributed by atoms with Crippen molar-refractivity contribution in [1.82, 2.24) is 15.0 Å². The summed E-state index contributed by atoms with van der Waals surface area (Å²) < 4.78 is 14.2. The van der Waals surface area contributed by atoms with Crippen LogP contribution in [0.2, 0.25) is 0 Å². The molecule has 0 aliphatic carbocycles. The summed E-state index contributed by atoms with van der Waals surface area (Å²) in [5.41, 5.74) is 0.732. The molecule has 5 nitrogen and oxygen atoms in total. The van der Waals surface area contributed by atoms with Crippen LogP contribution in [0.5, 0.6) is 0 Å². The van der Waals surface area contributed by atoms with Crippen LogP contribution in [0.4, 0.5) is 4.39 Å². The Bertz CT molecular complexity index is 588. The molecule has 0 radical (unpaired) electrons. The van der Waals surface area contributed by atoms with Gasteiger partial charge in [-0.3, -0.25) is 4.79 Å². The van der Waals surface area contributed by atoms with Gasteiger partial charge in [0.1, 0.15) is 11.4 Å². The number of rotatable bonds is 4. The third-order valence-electron chi connectivity index (χ3n) is 1.98. The fraction of sp³-hybridized carbons (Fsp3) is 0.200. The second-order valence-electron chi connectivity index (χ2n) is 3.36. The fourth-order valence-corrected chi connectivity index (χ4v) is 2.94. The number of nitrogens with zero attached hydrogens (tertiary/aromatic N) is 3. The van der Waals surface area contributed by atoms with Crippen molar-refractivity contribution in [3.8, 4) is 0 Å². The van der Waals surface area contributed by atoms with Gasteiger partial charge in [0.2, 0.25) is 0 Å². The van der Waals surface area contributed by atoms with E-state index in [2.05, 4.69) is 15.0 Å². The van der Waals surface area contributed by atoms with Gasteiger partial charge < -0.3 is 5.11 Å². The normalized spacial score (nSPS) is 10.6. The number of hydrogen-bond acceptors (Lipinski definition) is 6. The number of carboxylic acid groups (broad SMARTS) is 1. The van der Waals surface area contributed by atoms with Crippen molar-refractivity contribution in [2.45, 2.75) is 22.7 Å². The van der Waals surface area contributed by atoms with E-state index in [1.54, 1.807) is 12.3 Å². The topological polar surface area (TPSA) is 76.0 Å². The van der Waals surface area contributed by atoms with E-state index >= 15 is 0 Å². The summed E-state index contributed by atoms with van der Waals surface area (Å²) in [5, 5.41) is 10.5. The molecule has 0 amide bonds. The molecule has 0 atom stereocenters. The minimum Gasteiger partial charge on any atom is -0.481 e. The van der Waals surface area contributed by atoms with E-state index in [0.717, 1.165) is 11.8 Å². The van der Waals surface area contributed by atoms with Gasteiger partial charge >= 0.3 is 5.97 Å². The van der Waals surface area contributed by atoms with E-state index in [4.69, 9.17) is 5.11 Å². The predicted molar refractivity (Wildman–Crippen MR) is 64.3 cm³/mol. The van der Waals surface area contributed by atoms with Crippen molar-refractivity contribution >= 4 is 29.1 Å². The lowest BCUT2D eigenvalue weighted by Gasteiger charge is -2.00. The van der Waals surface area contributed by atoms with Gasteiger partial charge in [-0.15, -0.1) is 11.3 Å². The Morgan fingerprint density at radius 1 is 1.56 bits per heavy atom. The van der Waals surface area contributed by atoms with E-state index in [0.29, 0.717) is 10.0 Å². The van der Waals surface area contributed by atoms with Crippen molar-refractivity contribution in [2.75, 3.05) is 0 Å². The summed E-state index contributed by atoms with van der Waals surface area (Å²) in [6.07, 6.45) is 1.15. The minimum absolute atomic E-state index is 0.137. The lowest BCUT2D eigenvalue weighted by molar-refractivity contribution is -0.136. The van der Waals surface area contributed by atoms with E-state index in [1.807, 2.05) is 0 Å². The molecule has 2 heterocycles. The second kappa shape index (κ2) is 5.40. The van der Waals surface area contributed by atoms with Crippen LogP contribution in [0.3, 0.4) is 0 Å². The molecule has 2 aromatic rings. The van der Waals surface area contributed by atoms with Crippen molar-refractivity contribution in [1.29, 1.82) is 0 Å². The van der Waals surface area contributed by atoms with Gasteiger partial charge in [0, 0.05) is 5.38 Å². The highest BCUT2D eigenvalue weighted by atomic mass is 32.2. The summed E-state index contributed by atoms with van der Waals surface area (Å²) in [6, 6.07) is 0. The molecule has 0 unspecified atom stereocenters. The van der Waals surface area contributed by atoms with Crippen LogP contribution in [0.25, 0.3) is 0 Å². The van der Waals surface area contributed by atoms with Crippen LogP contribution in [-0.4, -0.2) is 26.0 Å². The molecule has 0 aromatic carbocycles. The summed E-state index contributed by atoms with van der Waals surface area (Å²) in [7, 11) is 0. The Labute approximate surface area is 110 Å². The summed E-state index contributed by atoms with van der Waals surface area (Å²) in [4.78, 5) is 22.2. The Balaban J connectivity index is 2.16. The quantitative estimate of drug-likeness (QED) is 0.868. The Morgan fingerprint density at radius 3 is 3.06 bits per heavy atom. The number of aromatic nitrogens is 3.